The summed E-state index contributed by atoms with van der Waals surface area (Å²) in [6.07, 6.45) is 1.20. The van der Waals surface area contributed by atoms with Gasteiger partial charge in [-0.2, -0.15) is 0 Å². The van der Waals surface area contributed by atoms with E-state index in [1.807, 2.05) is 26.8 Å². The third-order valence-electron chi connectivity index (χ3n) is 5.05. The van der Waals surface area contributed by atoms with Crippen LogP contribution < -0.4 is 8.85 Å². The summed E-state index contributed by atoms with van der Waals surface area (Å²) in [4.78, 5) is 25.1. The molecule has 0 aromatic heterocycles. The highest BCUT2D eigenvalue weighted by Crippen LogP contribution is 2.41. The third kappa shape index (κ3) is 4.33. The summed E-state index contributed by atoms with van der Waals surface area (Å²) in [6, 6.07) is 12.3. The molecule has 0 spiro atoms. The number of ether oxygens (including phenoxy) is 1. The van der Waals surface area contributed by atoms with Gasteiger partial charge in [-0.1, -0.05) is 29.8 Å². The van der Waals surface area contributed by atoms with Gasteiger partial charge in [0.2, 0.25) is 0 Å². The second kappa shape index (κ2) is 7.98. The van der Waals surface area contributed by atoms with Crippen LogP contribution in [0.15, 0.2) is 36.4 Å². The van der Waals surface area contributed by atoms with E-state index >= 15 is 0 Å². The number of allylic oxidation sites excluding steroid dienone is 2. The standard InChI is InChI=1S/C24H25IN2O3/c1-14-5-7-15(8-6-14)18-10-9-16-11-17(26-23(29)30-24(2,3)4)12-19-21(16)20(18)13-25-27-22(19)28/h5-8,11-13H,9-10H2,1-4H3,(H,26,29)(H,27,28). The number of benzene rings is 2. The Morgan fingerprint density at radius 3 is 2.57 bits per heavy atom. The summed E-state index contributed by atoms with van der Waals surface area (Å²) in [5.74, 6) is -0.0803. The Bertz CT molecular complexity index is 1090. The number of hydrogen-bond donors (Lipinski definition) is 2. The van der Waals surface area contributed by atoms with Crippen molar-refractivity contribution < 1.29 is 14.3 Å². The fourth-order valence-corrected chi connectivity index (χ4v) is 5.52. The molecule has 1 aliphatic heterocycles. The second-order valence-electron chi connectivity index (χ2n) is 8.58. The van der Waals surface area contributed by atoms with Gasteiger partial charge in [0.1, 0.15) is 5.60 Å². The zero-order chi connectivity index (χ0) is 21.5. The molecule has 1 heterocycles. The van der Waals surface area contributed by atoms with Crippen LogP contribution in [0.25, 0.3) is 11.1 Å². The van der Waals surface area contributed by atoms with Crippen LogP contribution >= 0.6 is 21.0 Å². The first-order valence-electron chi connectivity index (χ1n) is 9.95. The molecule has 2 aliphatic rings. The molecule has 2 amide bonds. The van der Waals surface area contributed by atoms with Gasteiger partial charge in [0, 0.05) is 5.69 Å². The highest BCUT2D eigenvalue weighted by Gasteiger charge is 2.27. The maximum Gasteiger partial charge on any atom is 0.412 e. The van der Waals surface area contributed by atoms with Crippen molar-refractivity contribution in [2.45, 2.75) is 46.1 Å². The minimum atomic E-state index is -0.593. The van der Waals surface area contributed by atoms with Crippen LogP contribution in [0.2, 0.25) is 0 Å². The lowest BCUT2D eigenvalue weighted by Gasteiger charge is -2.25. The highest BCUT2D eigenvalue weighted by molar-refractivity contribution is 14.2. The number of anilines is 1. The van der Waals surface area contributed by atoms with Gasteiger partial charge in [-0.3, -0.25) is 13.6 Å². The van der Waals surface area contributed by atoms with Crippen molar-refractivity contribution >= 4 is 53.9 Å². The predicted octanol–water partition coefficient (Wildman–Crippen LogP) is 5.63. The summed E-state index contributed by atoms with van der Waals surface area (Å²) in [5, 5.41) is 2.79. The molecule has 2 aromatic carbocycles. The van der Waals surface area contributed by atoms with Gasteiger partial charge in [0.15, 0.2) is 0 Å². The monoisotopic (exact) mass is 516 g/mol. The Balaban J connectivity index is 1.79. The average molecular weight is 516 g/mol. The van der Waals surface area contributed by atoms with Gasteiger partial charge in [-0.05, 0) is 106 Å². The van der Waals surface area contributed by atoms with Crippen molar-refractivity contribution in [3.05, 3.63) is 64.2 Å². The van der Waals surface area contributed by atoms with Gasteiger partial charge >= 0.3 is 6.09 Å². The molecule has 0 atom stereocenters. The van der Waals surface area contributed by atoms with Crippen LogP contribution in [-0.2, 0) is 11.2 Å². The van der Waals surface area contributed by atoms with E-state index in [2.05, 4.69) is 44.0 Å². The first-order chi connectivity index (χ1) is 14.2. The molecule has 5 nitrogen and oxygen atoms in total. The second-order valence-corrected chi connectivity index (χ2v) is 10.4. The Morgan fingerprint density at radius 2 is 1.87 bits per heavy atom. The molecule has 0 bridgehead atoms. The fourth-order valence-electron chi connectivity index (χ4n) is 3.79. The number of carbonyl (C=O) groups excluding carboxylic acids is 2. The molecular formula is C24H25IN2O3. The molecule has 4 rings (SSSR count). The zero-order valence-corrected chi connectivity index (χ0v) is 19.7. The summed E-state index contributed by atoms with van der Waals surface area (Å²) >= 11 is -0.593. The van der Waals surface area contributed by atoms with Crippen molar-refractivity contribution in [3.8, 4) is 0 Å². The lowest BCUT2D eigenvalue weighted by molar-refractivity contribution is 0.0635. The molecule has 0 saturated heterocycles. The quantitative estimate of drug-likeness (QED) is 0.402. The molecule has 30 heavy (non-hydrogen) atoms. The number of carbonyl (C=O) groups is 2. The topological polar surface area (TPSA) is 67.4 Å². The van der Waals surface area contributed by atoms with Crippen molar-refractivity contribution in [1.82, 2.24) is 3.53 Å². The molecule has 0 unspecified atom stereocenters. The Hall–Kier alpha value is -2.48. The number of aryl methyl sites for hydroxylation is 2. The maximum atomic E-state index is 12.8. The van der Waals surface area contributed by atoms with Crippen molar-refractivity contribution in [2.75, 3.05) is 5.32 Å². The van der Waals surface area contributed by atoms with Gasteiger partial charge < -0.3 is 4.74 Å². The van der Waals surface area contributed by atoms with E-state index in [4.69, 9.17) is 4.74 Å². The number of amides is 2. The van der Waals surface area contributed by atoms with Crippen molar-refractivity contribution in [3.63, 3.8) is 0 Å². The Morgan fingerprint density at radius 1 is 1.13 bits per heavy atom. The lowest BCUT2D eigenvalue weighted by Crippen LogP contribution is -2.27. The van der Waals surface area contributed by atoms with Crippen LogP contribution in [-0.4, -0.2) is 21.6 Å². The molecule has 0 fully saturated rings. The molecule has 0 radical (unpaired) electrons. The fraction of sp³-hybridized carbons (Fsp3) is 0.292. The molecular weight excluding hydrogens is 491 g/mol. The lowest BCUT2D eigenvalue weighted by atomic mass is 9.80. The Kier molecular flexibility index (Phi) is 5.53. The van der Waals surface area contributed by atoms with Gasteiger partial charge in [-0.25, -0.2) is 4.79 Å². The molecule has 1 aliphatic carbocycles. The van der Waals surface area contributed by atoms with E-state index in [-0.39, 0.29) is 5.91 Å². The van der Waals surface area contributed by atoms with E-state index in [9.17, 15) is 9.59 Å². The largest absolute Gasteiger partial charge is 0.444 e. The van der Waals surface area contributed by atoms with Crippen LogP contribution in [0.5, 0.6) is 0 Å². The summed E-state index contributed by atoms with van der Waals surface area (Å²) < 4.78 is 10.6. The maximum absolute atomic E-state index is 12.8. The minimum absolute atomic E-state index is 0.0803. The van der Waals surface area contributed by atoms with E-state index in [0.717, 1.165) is 29.5 Å². The number of nitrogens with one attached hydrogen (secondary N) is 2. The molecule has 2 aromatic rings. The van der Waals surface area contributed by atoms with E-state index in [0.29, 0.717) is 11.3 Å². The summed E-state index contributed by atoms with van der Waals surface area (Å²) in [5.41, 5.74) is 7.59. The summed E-state index contributed by atoms with van der Waals surface area (Å²) in [7, 11) is 0. The van der Waals surface area contributed by atoms with Crippen molar-refractivity contribution in [1.29, 1.82) is 0 Å². The smallest absolute Gasteiger partial charge is 0.412 e. The molecule has 0 saturated carbocycles. The van der Waals surface area contributed by atoms with Gasteiger partial charge in [0.25, 0.3) is 5.91 Å². The molecule has 6 heteroatoms. The SMILES string of the molecule is Cc1ccc(C2=C3C=INC(=O)c4cc(NC(=O)OC(C)(C)C)cc(c43)CC2)cc1. The third-order valence-corrected chi connectivity index (χ3v) is 6.79. The number of rotatable bonds is 2. The van der Waals surface area contributed by atoms with Crippen LogP contribution in [0.1, 0.15) is 59.8 Å². The number of halogens is 1. The first-order valence-corrected chi connectivity index (χ1v) is 12.3. The van der Waals surface area contributed by atoms with Gasteiger partial charge in [-0.15, -0.1) is 0 Å². The highest BCUT2D eigenvalue weighted by atomic mass is 127. The summed E-state index contributed by atoms with van der Waals surface area (Å²) in [6.45, 7) is 7.55. The average Bonchev–Trinajstić information content (AvgIpc) is 2.82. The van der Waals surface area contributed by atoms with Crippen molar-refractivity contribution in [2.24, 2.45) is 0 Å². The van der Waals surface area contributed by atoms with Crippen LogP contribution in [0, 0.1) is 6.92 Å². The zero-order valence-electron chi connectivity index (χ0n) is 17.6. The van der Waals surface area contributed by atoms with Crippen LogP contribution in [0.4, 0.5) is 10.5 Å². The van der Waals surface area contributed by atoms with E-state index in [1.165, 1.54) is 16.7 Å². The van der Waals surface area contributed by atoms with Crippen LogP contribution in [0.3, 0.4) is 0 Å². The van der Waals surface area contributed by atoms with E-state index in [1.54, 1.807) is 6.07 Å². The minimum Gasteiger partial charge on any atom is -0.444 e. The predicted molar refractivity (Wildman–Crippen MR) is 130 cm³/mol. The van der Waals surface area contributed by atoms with Gasteiger partial charge in [0.05, 0.1) is 5.56 Å². The normalized spacial score (nSPS) is 15.5. The first kappa shape index (κ1) is 20.8. The molecule has 156 valence electrons. The molecule has 2 N–H and O–H groups in total. The Labute approximate surface area is 187 Å². The van der Waals surface area contributed by atoms with E-state index < -0.39 is 32.7 Å². The number of hydrogen-bond acceptors (Lipinski definition) is 3.